The molecule has 3 rings (SSSR count). The fourth-order valence-electron chi connectivity index (χ4n) is 3.28. The molecule has 2 aliphatic rings. The largest absolute Gasteiger partial charge is 0.381 e. The highest BCUT2D eigenvalue weighted by molar-refractivity contribution is 6.19. The van der Waals surface area contributed by atoms with Gasteiger partial charge in [0.25, 0.3) is 5.91 Å². The average Bonchev–Trinajstić information content (AvgIpc) is 3.14. The van der Waals surface area contributed by atoms with Crippen molar-refractivity contribution >= 4 is 35.2 Å². The standard InChI is InChI=1S/C21H27N7O3/c1-13(29)23-9-3-2-4-10-24-19(30)14-5-7-16(8-6-14)25-11-15-12-26-18-17(15)20(31)28-21(22)27-18/h5-8,12,17,25H,2-4,9-11H2,1H3,(H,23,29)(H,24,30)(H3,22,26,27,28,31). The van der Waals surface area contributed by atoms with Crippen molar-refractivity contribution in [1.82, 2.24) is 16.0 Å². The Morgan fingerprint density at radius 1 is 1.10 bits per heavy atom. The summed E-state index contributed by atoms with van der Waals surface area (Å²) in [6.45, 7) is 3.17. The summed E-state index contributed by atoms with van der Waals surface area (Å²) in [5.74, 6) is -0.453. The van der Waals surface area contributed by atoms with Gasteiger partial charge in [0.15, 0.2) is 0 Å². The van der Waals surface area contributed by atoms with E-state index in [1.165, 1.54) is 6.92 Å². The minimum Gasteiger partial charge on any atom is -0.381 e. The number of amides is 3. The highest BCUT2D eigenvalue weighted by atomic mass is 16.2. The molecule has 6 N–H and O–H groups in total. The minimum absolute atomic E-state index is 0.0249. The van der Waals surface area contributed by atoms with Gasteiger partial charge in [-0.25, -0.2) is 4.99 Å². The summed E-state index contributed by atoms with van der Waals surface area (Å²) in [6, 6.07) is 7.13. The first-order valence-corrected chi connectivity index (χ1v) is 10.2. The Balaban J connectivity index is 1.39. The molecule has 0 saturated carbocycles. The van der Waals surface area contributed by atoms with Crippen molar-refractivity contribution in [2.24, 2.45) is 21.6 Å². The van der Waals surface area contributed by atoms with Gasteiger partial charge in [-0.15, -0.1) is 0 Å². The lowest BCUT2D eigenvalue weighted by molar-refractivity contribution is -0.121. The molecule has 0 aromatic heterocycles. The quantitative estimate of drug-likeness (QED) is 0.346. The molecule has 0 aliphatic carbocycles. The van der Waals surface area contributed by atoms with E-state index in [4.69, 9.17) is 5.73 Å². The van der Waals surface area contributed by atoms with Gasteiger partial charge in [-0.3, -0.25) is 19.7 Å². The minimum atomic E-state index is -0.525. The number of guanidine groups is 1. The number of nitrogens with zero attached hydrogens (tertiary/aromatic N) is 2. The van der Waals surface area contributed by atoms with E-state index in [9.17, 15) is 14.4 Å². The van der Waals surface area contributed by atoms with Gasteiger partial charge < -0.3 is 21.7 Å². The molecule has 1 aromatic rings. The van der Waals surface area contributed by atoms with Crippen LogP contribution in [0.4, 0.5) is 5.69 Å². The SMILES string of the molecule is CC(=O)NCCCCCNC(=O)c1ccc(NCC2=CN=C3N=C(N)NC(=O)C23)cc1. The Labute approximate surface area is 180 Å². The number of carbonyl (C=O) groups excluding carboxylic acids is 3. The Bertz CT molecular complexity index is 935. The van der Waals surface area contributed by atoms with Crippen LogP contribution in [0.2, 0.25) is 0 Å². The molecule has 0 bridgehead atoms. The highest BCUT2D eigenvalue weighted by Gasteiger charge is 2.35. The molecule has 0 spiro atoms. The first-order chi connectivity index (χ1) is 14.9. The van der Waals surface area contributed by atoms with Crippen molar-refractivity contribution in [3.05, 3.63) is 41.6 Å². The monoisotopic (exact) mass is 425 g/mol. The second kappa shape index (κ2) is 10.4. The number of nitrogens with one attached hydrogen (secondary N) is 4. The number of unbranched alkanes of at least 4 members (excludes halogenated alkanes) is 2. The van der Waals surface area contributed by atoms with Crippen LogP contribution in [0.5, 0.6) is 0 Å². The first-order valence-electron chi connectivity index (χ1n) is 10.2. The zero-order valence-corrected chi connectivity index (χ0v) is 17.4. The predicted octanol–water partition coefficient (Wildman–Crippen LogP) is 0.491. The van der Waals surface area contributed by atoms with Crippen LogP contribution in [-0.2, 0) is 9.59 Å². The van der Waals surface area contributed by atoms with Gasteiger partial charge in [0.05, 0.1) is 0 Å². The van der Waals surface area contributed by atoms with E-state index in [1.807, 2.05) is 12.1 Å². The lowest BCUT2D eigenvalue weighted by Crippen LogP contribution is -2.47. The molecule has 2 heterocycles. The Morgan fingerprint density at radius 3 is 2.52 bits per heavy atom. The van der Waals surface area contributed by atoms with Crippen LogP contribution < -0.4 is 27.0 Å². The number of amidine groups is 1. The van der Waals surface area contributed by atoms with E-state index in [0.717, 1.165) is 30.5 Å². The highest BCUT2D eigenvalue weighted by Crippen LogP contribution is 2.24. The van der Waals surface area contributed by atoms with Gasteiger partial charge in [0.2, 0.25) is 17.8 Å². The number of aliphatic imine (C=N–C) groups is 2. The molecule has 10 heteroatoms. The number of carbonyl (C=O) groups is 3. The van der Waals surface area contributed by atoms with E-state index in [2.05, 4.69) is 31.3 Å². The number of hydrogen-bond donors (Lipinski definition) is 5. The number of rotatable bonds is 10. The van der Waals surface area contributed by atoms with Crippen LogP contribution in [0, 0.1) is 5.92 Å². The molecule has 2 aliphatic heterocycles. The molecule has 1 atom stereocenters. The Hall–Kier alpha value is -3.69. The number of fused-ring (bicyclic) bond motifs is 1. The number of anilines is 1. The van der Waals surface area contributed by atoms with Gasteiger partial charge >= 0.3 is 0 Å². The number of hydrogen-bond acceptors (Lipinski definition) is 7. The summed E-state index contributed by atoms with van der Waals surface area (Å²) in [5, 5.41) is 11.4. The maximum absolute atomic E-state index is 12.2. The van der Waals surface area contributed by atoms with Crippen LogP contribution in [0.3, 0.4) is 0 Å². The van der Waals surface area contributed by atoms with E-state index in [1.54, 1.807) is 18.3 Å². The summed E-state index contributed by atoms with van der Waals surface area (Å²) < 4.78 is 0. The summed E-state index contributed by atoms with van der Waals surface area (Å²) in [4.78, 5) is 43.4. The topological polar surface area (TPSA) is 150 Å². The Morgan fingerprint density at radius 2 is 1.81 bits per heavy atom. The molecule has 10 nitrogen and oxygen atoms in total. The van der Waals surface area contributed by atoms with E-state index in [-0.39, 0.29) is 23.7 Å². The predicted molar refractivity (Wildman–Crippen MR) is 119 cm³/mol. The van der Waals surface area contributed by atoms with Crippen LogP contribution in [0.25, 0.3) is 0 Å². The third kappa shape index (κ3) is 6.14. The van der Waals surface area contributed by atoms with Crippen LogP contribution in [0.15, 0.2) is 46.0 Å². The van der Waals surface area contributed by atoms with Gasteiger partial charge in [0.1, 0.15) is 11.8 Å². The molecule has 0 saturated heterocycles. The molecule has 0 fully saturated rings. The number of benzene rings is 1. The summed E-state index contributed by atoms with van der Waals surface area (Å²) >= 11 is 0. The lowest BCUT2D eigenvalue weighted by Gasteiger charge is -2.20. The van der Waals surface area contributed by atoms with Crippen molar-refractivity contribution < 1.29 is 14.4 Å². The van der Waals surface area contributed by atoms with Gasteiger partial charge in [-0.05, 0) is 49.1 Å². The van der Waals surface area contributed by atoms with Crippen molar-refractivity contribution in [2.75, 3.05) is 25.0 Å². The molecular formula is C21H27N7O3. The number of nitrogens with two attached hydrogens (primary N) is 1. The van der Waals surface area contributed by atoms with Gasteiger partial charge in [-0.1, -0.05) is 0 Å². The molecular weight excluding hydrogens is 398 g/mol. The van der Waals surface area contributed by atoms with Crippen molar-refractivity contribution in [2.45, 2.75) is 26.2 Å². The fraction of sp³-hybridized carbons (Fsp3) is 0.381. The average molecular weight is 425 g/mol. The van der Waals surface area contributed by atoms with Crippen molar-refractivity contribution in [3.8, 4) is 0 Å². The summed E-state index contributed by atoms with van der Waals surface area (Å²) in [6.07, 6.45) is 4.31. The molecule has 164 valence electrons. The third-order valence-corrected chi connectivity index (χ3v) is 4.90. The zero-order chi connectivity index (χ0) is 22.2. The second-order valence-electron chi connectivity index (χ2n) is 7.34. The maximum atomic E-state index is 12.2. The van der Waals surface area contributed by atoms with E-state index in [0.29, 0.717) is 31.0 Å². The third-order valence-electron chi connectivity index (χ3n) is 4.90. The second-order valence-corrected chi connectivity index (χ2v) is 7.34. The van der Waals surface area contributed by atoms with Crippen LogP contribution in [-0.4, -0.2) is 49.2 Å². The first kappa shape index (κ1) is 22.0. The van der Waals surface area contributed by atoms with Gasteiger partial charge in [-0.2, -0.15) is 4.99 Å². The Kier molecular flexibility index (Phi) is 7.36. The zero-order valence-electron chi connectivity index (χ0n) is 17.4. The normalized spacial score (nSPS) is 17.0. The van der Waals surface area contributed by atoms with Gasteiger partial charge in [0, 0.05) is 44.0 Å². The smallest absolute Gasteiger partial charge is 0.251 e. The van der Waals surface area contributed by atoms with Crippen LogP contribution >= 0.6 is 0 Å². The fourth-order valence-corrected chi connectivity index (χ4v) is 3.28. The van der Waals surface area contributed by atoms with E-state index >= 15 is 0 Å². The van der Waals surface area contributed by atoms with Crippen molar-refractivity contribution in [1.29, 1.82) is 0 Å². The van der Waals surface area contributed by atoms with Crippen molar-refractivity contribution in [3.63, 3.8) is 0 Å². The maximum Gasteiger partial charge on any atom is 0.251 e. The summed E-state index contributed by atoms with van der Waals surface area (Å²) in [7, 11) is 0. The molecule has 0 radical (unpaired) electrons. The molecule has 1 unspecified atom stereocenters. The summed E-state index contributed by atoms with van der Waals surface area (Å²) in [5.41, 5.74) is 7.74. The molecule has 1 aromatic carbocycles. The molecule has 3 amide bonds. The lowest BCUT2D eigenvalue weighted by atomic mass is 9.98. The van der Waals surface area contributed by atoms with Crippen LogP contribution in [0.1, 0.15) is 36.5 Å². The van der Waals surface area contributed by atoms with E-state index < -0.39 is 5.92 Å². The molecule has 31 heavy (non-hydrogen) atoms.